The summed E-state index contributed by atoms with van der Waals surface area (Å²) in [6.45, 7) is 2.24. The first-order valence-electron chi connectivity index (χ1n) is 7.20. The van der Waals surface area contributed by atoms with Crippen LogP contribution in [0.5, 0.6) is 0 Å². The molecule has 1 aromatic heterocycles. The van der Waals surface area contributed by atoms with E-state index in [1.54, 1.807) is 0 Å². The minimum atomic E-state index is -0.250. The number of ether oxygens (including phenoxy) is 1. The quantitative estimate of drug-likeness (QED) is 0.864. The lowest BCUT2D eigenvalue weighted by Crippen LogP contribution is -2.06. The number of rotatable bonds is 4. The van der Waals surface area contributed by atoms with Crippen molar-refractivity contribution in [3.05, 3.63) is 58.9 Å². The van der Waals surface area contributed by atoms with Crippen LogP contribution in [0.1, 0.15) is 46.6 Å². The van der Waals surface area contributed by atoms with Gasteiger partial charge in [0.2, 0.25) is 0 Å². The van der Waals surface area contributed by atoms with Crippen LogP contribution in [0.3, 0.4) is 0 Å². The van der Waals surface area contributed by atoms with Gasteiger partial charge in [0.05, 0.1) is 6.61 Å². The maximum atomic E-state index is 11.8. The largest absolute Gasteiger partial charge is 0.461 e. The number of aromatic nitrogens is 1. The van der Waals surface area contributed by atoms with E-state index in [0.29, 0.717) is 18.2 Å². The normalized spacial score (nSPS) is 16.9. The summed E-state index contributed by atoms with van der Waals surface area (Å²) in [7, 11) is 0. The Kier molecular flexibility index (Phi) is 3.59. The molecule has 1 unspecified atom stereocenters. The maximum Gasteiger partial charge on any atom is 0.354 e. The van der Waals surface area contributed by atoms with E-state index in [9.17, 15) is 4.79 Å². The fourth-order valence-corrected chi connectivity index (χ4v) is 2.98. The first kappa shape index (κ1) is 13.0. The molecular weight excluding hydrogens is 250 g/mol. The molecule has 0 spiro atoms. The standard InChI is InChI=1S/C17H19NO2/c1-2-20-17(19)15-11-14-9-8-13(16(14)18-15)10-12-6-4-3-5-7-12/h3-7,11,13,18H,2,8-10H2,1H3. The smallest absolute Gasteiger partial charge is 0.354 e. The summed E-state index contributed by atoms with van der Waals surface area (Å²) in [6.07, 6.45) is 3.22. The molecule has 3 nitrogen and oxygen atoms in total. The molecule has 0 fully saturated rings. The van der Waals surface area contributed by atoms with Gasteiger partial charge in [-0.15, -0.1) is 0 Å². The second-order valence-corrected chi connectivity index (χ2v) is 5.27. The van der Waals surface area contributed by atoms with Crippen molar-refractivity contribution in [2.75, 3.05) is 6.61 Å². The minimum absolute atomic E-state index is 0.250. The average Bonchev–Trinajstić information content (AvgIpc) is 3.02. The van der Waals surface area contributed by atoms with E-state index in [2.05, 4.69) is 29.2 Å². The Bertz CT molecular complexity index is 601. The number of H-pyrrole nitrogens is 1. The topological polar surface area (TPSA) is 42.1 Å². The van der Waals surface area contributed by atoms with Gasteiger partial charge in [-0.25, -0.2) is 4.79 Å². The zero-order valence-corrected chi connectivity index (χ0v) is 11.7. The molecule has 104 valence electrons. The van der Waals surface area contributed by atoms with Crippen LogP contribution in [-0.2, 0) is 17.6 Å². The Labute approximate surface area is 119 Å². The summed E-state index contributed by atoms with van der Waals surface area (Å²) in [5, 5.41) is 0. The van der Waals surface area contributed by atoms with Crippen LogP contribution >= 0.6 is 0 Å². The van der Waals surface area contributed by atoms with Gasteiger partial charge < -0.3 is 9.72 Å². The first-order chi connectivity index (χ1) is 9.78. The van der Waals surface area contributed by atoms with Crippen LogP contribution in [0.15, 0.2) is 36.4 Å². The van der Waals surface area contributed by atoms with Gasteiger partial charge in [0.25, 0.3) is 0 Å². The predicted molar refractivity (Wildman–Crippen MR) is 78.0 cm³/mol. The zero-order valence-electron chi connectivity index (χ0n) is 11.7. The molecule has 0 saturated carbocycles. The van der Waals surface area contributed by atoms with E-state index in [4.69, 9.17) is 4.74 Å². The van der Waals surface area contributed by atoms with E-state index >= 15 is 0 Å². The van der Waals surface area contributed by atoms with Crippen LogP contribution < -0.4 is 0 Å². The third kappa shape index (κ3) is 2.48. The van der Waals surface area contributed by atoms with E-state index in [-0.39, 0.29) is 5.97 Å². The zero-order chi connectivity index (χ0) is 13.9. The van der Waals surface area contributed by atoms with Gasteiger partial charge in [0, 0.05) is 11.6 Å². The number of hydrogen-bond acceptors (Lipinski definition) is 2. The number of fused-ring (bicyclic) bond motifs is 1. The van der Waals surface area contributed by atoms with Crippen LogP contribution in [0.4, 0.5) is 0 Å². The molecule has 0 radical (unpaired) electrons. The molecule has 1 N–H and O–H groups in total. The van der Waals surface area contributed by atoms with E-state index in [1.807, 2.05) is 19.1 Å². The monoisotopic (exact) mass is 269 g/mol. The minimum Gasteiger partial charge on any atom is -0.461 e. The van der Waals surface area contributed by atoms with Crippen molar-refractivity contribution in [2.45, 2.75) is 32.1 Å². The van der Waals surface area contributed by atoms with Crippen molar-refractivity contribution < 1.29 is 9.53 Å². The first-order valence-corrected chi connectivity index (χ1v) is 7.20. The molecule has 0 aliphatic heterocycles. The van der Waals surface area contributed by atoms with Gasteiger partial charge in [0.1, 0.15) is 5.69 Å². The molecule has 0 amide bonds. The lowest BCUT2D eigenvalue weighted by atomic mass is 9.97. The summed E-state index contributed by atoms with van der Waals surface area (Å²) in [5.74, 6) is 0.232. The van der Waals surface area contributed by atoms with Gasteiger partial charge in [-0.05, 0) is 43.4 Å². The third-order valence-electron chi connectivity index (χ3n) is 3.92. The van der Waals surface area contributed by atoms with Gasteiger partial charge in [0.15, 0.2) is 0 Å². The van der Waals surface area contributed by atoms with E-state index < -0.39 is 0 Å². The Hall–Kier alpha value is -2.03. The lowest BCUT2D eigenvalue weighted by molar-refractivity contribution is 0.0520. The van der Waals surface area contributed by atoms with E-state index in [1.165, 1.54) is 16.8 Å². The summed E-state index contributed by atoms with van der Waals surface area (Å²) in [6, 6.07) is 12.5. The molecule has 0 bridgehead atoms. The Morgan fingerprint density at radius 3 is 2.90 bits per heavy atom. The molecule has 1 atom stereocenters. The van der Waals surface area contributed by atoms with Gasteiger partial charge in [-0.2, -0.15) is 0 Å². The number of aryl methyl sites for hydroxylation is 1. The second-order valence-electron chi connectivity index (χ2n) is 5.27. The molecule has 1 aromatic carbocycles. The fraction of sp³-hybridized carbons (Fsp3) is 0.353. The van der Waals surface area contributed by atoms with Crippen LogP contribution in [0, 0.1) is 0 Å². The van der Waals surface area contributed by atoms with Crippen molar-refractivity contribution in [3.63, 3.8) is 0 Å². The molecule has 1 aliphatic carbocycles. The van der Waals surface area contributed by atoms with Crippen molar-refractivity contribution >= 4 is 5.97 Å². The molecule has 3 rings (SSSR count). The van der Waals surface area contributed by atoms with Gasteiger partial charge in [-0.1, -0.05) is 30.3 Å². The highest BCUT2D eigenvalue weighted by atomic mass is 16.5. The number of nitrogens with one attached hydrogen (secondary N) is 1. The number of carbonyl (C=O) groups excluding carboxylic acids is 1. The SMILES string of the molecule is CCOC(=O)c1cc2c([nH]1)C(Cc1ccccc1)CC2. The van der Waals surface area contributed by atoms with Gasteiger partial charge in [-0.3, -0.25) is 0 Å². The molecular formula is C17H19NO2. The van der Waals surface area contributed by atoms with Crippen molar-refractivity contribution in [1.29, 1.82) is 0 Å². The molecule has 20 heavy (non-hydrogen) atoms. The van der Waals surface area contributed by atoms with Crippen LogP contribution in [-0.4, -0.2) is 17.6 Å². The van der Waals surface area contributed by atoms with Gasteiger partial charge >= 0.3 is 5.97 Å². The molecule has 0 saturated heterocycles. The highest BCUT2D eigenvalue weighted by Gasteiger charge is 2.26. The lowest BCUT2D eigenvalue weighted by Gasteiger charge is -2.10. The molecule has 2 aromatic rings. The van der Waals surface area contributed by atoms with E-state index in [0.717, 1.165) is 19.3 Å². The summed E-state index contributed by atoms with van der Waals surface area (Å²) in [4.78, 5) is 15.0. The Balaban J connectivity index is 1.78. The number of aromatic amines is 1. The summed E-state index contributed by atoms with van der Waals surface area (Å²) < 4.78 is 5.05. The van der Waals surface area contributed by atoms with Crippen LogP contribution in [0.25, 0.3) is 0 Å². The molecule has 1 heterocycles. The number of benzene rings is 1. The number of carbonyl (C=O) groups is 1. The highest BCUT2D eigenvalue weighted by molar-refractivity contribution is 5.88. The van der Waals surface area contributed by atoms with Crippen molar-refractivity contribution in [2.24, 2.45) is 0 Å². The van der Waals surface area contributed by atoms with Crippen LogP contribution in [0.2, 0.25) is 0 Å². The van der Waals surface area contributed by atoms with Crippen molar-refractivity contribution in [1.82, 2.24) is 4.98 Å². The van der Waals surface area contributed by atoms with Crippen molar-refractivity contribution in [3.8, 4) is 0 Å². The summed E-state index contributed by atoms with van der Waals surface area (Å²) >= 11 is 0. The number of hydrogen-bond donors (Lipinski definition) is 1. The maximum absolute atomic E-state index is 11.8. The predicted octanol–water partition coefficient (Wildman–Crippen LogP) is 3.46. The fourth-order valence-electron chi connectivity index (χ4n) is 2.98. The highest BCUT2D eigenvalue weighted by Crippen LogP contribution is 2.35. The average molecular weight is 269 g/mol. The summed E-state index contributed by atoms with van der Waals surface area (Å²) in [5.41, 5.74) is 4.43. The Morgan fingerprint density at radius 1 is 1.35 bits per heavy atom. The second kappa shape index (κ2) is 5.53. The molecule has 1 aliphatic rings. The Morgan fingerprint density at radius 2 is 2.15 bits per heavy atom. The third-order valence-corrected chi connectivity index (χ3v) is 3.92. The molecule has 3 heteroatoms. The number of esters is 1.